The summed E-state index contributed by atoms with van der Waals surface area (Å²) in [7, 11) is 0. The topological polar surface area (TPSA) is 78.9 Å². The van der Waals surface area contributed by atoms with Crippen molar-refractivity contribution < 1.29 is 28.6 Å². The zero-order chi connectivity index (χ0) is 57.1. The van der Waals surface area contributed by atoms with E-state index >= 15 is 0 Å². The molecule has 0 heterocycles. The highest BCUT2D eigenvalue weighted by molar-refractivity contribution is 5.71. The molecule has 6 nitrogen and oxygen atoms in total. The van der Waals surface area contributed by atoms with Crippen LogP contribution in [0.1, 0.15) is 278 Å². The van der Waals surface area contributed by atoms with Gasteiger partial charge in [0.2, 0.25) is 0 Å². The van der Waals surface area contributed by atoms with Gasteiger partial charge in [0.05, 0.1) is 0 Å². The van der Waals surface area contributed by atoms with Crippen molar-refractivity contribution in [3.05, 3.63) is 146 Å². The van der Waals surface area contributed by atoms with Gasteiger partial charge in [0.15, 0.2) is 6.10 Å². The van der Waals surface area contributed by atoms with Gasteiger partial charge in [-0.3, -0.25) is 14.4 Å². The predicted molar refractivity (Wildman–Crippen MR) is 343 cm³/mol. The summed E-state index contributed by atoms with van der Waals surface area (Å²) in [5, 5.41) is 0. The Labute approximate surface area is 487 Å². The van der Waals surface area contributed by atoms with E-state index in [1.807, 2.05) is 0 Å². The highest BCUT2D eigenvalue weighted by Gasteiger charge is 2.19. The molecule has 0 aliphatic heterocycles. The Morgan fingerprint density at radius 3 is 0.797 bits per heavy atom. The summed E-state index contributed by atoms with van der Waals surface area (Å²) in [5.74, 6) is -0.943. The summed E-state index contributed by atoms with van der Waals surface area (Å²) in [6.45, 7) is 6.34. The molecule has 0 amide bonds. The molecule has 0 N–H and O–H groups in total. The number of carbonyl (C=O) groups excluding carboxylic acids is 3. The number of rotatable bonds is 57. The van der Waals surface area contributed by atoms with E-state index in [1.54, 1.807) is 0 Å². The zero-order valence-corrected chi connectivity index (χ0v) is 51.1. The first kappa shape index (κ1) is 74.3. The number of carbonyl (C=O) groups is 3. The Kier molecular flexibility index (Phi) is 61.9. The number of esters is 3. The Balaban J connectivity index is 4.37. The lowest BCUT2D eigenvalue weighted by atomic mass is 10.0. The molecule has 0 radical (unpaired) electrons. The Hall–Kier alpha value is -4.71. The third kappa shape index (κ3) is 64.0. The minimum atomic E-state index is -0.803. The minimum absolute atomic E-state index is 0.0981. The number of allylic oxidation sites excluding steroid dienone is 24. The second-order valence-electron chi connectivity index (χ2n) is 20.9. The molecule has 0 aromatic heterocycles. The molecule has 0 aliphatic rings. The van der Waals surface area contributed by atoms with Gasteiger partial charge >= 0.3 is 17.9 Å². The average molecular weight is 1090 g/mol. The minimum Gasteiger partial charge on any atom is -0.462 e. The van der Waals surface area contributed by atoms with Crippen molar-refractivity contribution in [3.63, 3.8) is 0 Å². The van der Waals surface area contributed by atoms with Gasteiger partial charge in [-0.25, -0.2) is 0 Å². The second-order valence-corrected chi connectivity index (χ2v) is 20.9. The van der Waals surface area contributed by atoms with Crippen LogP contribution in [0.4, 0.5) is 0 Å². The van der Waals surface area contributed by atoms with E-state index in [-0.39, 0.29) is 31.1 Å². The van der Waals surface area contributed by atoms with E-state index in [2.05, 4.69) is 167 Å². The molecule has 0 rings (SSSR count). The standard InChI is InChI=1S/C73H118O6/c1-4-7-10-13-16-19-22-24-26-28-30-32-34-36-38-40-42-44-46-48-51-54-57-60-63-66-72(75)78-69-70(68-77-71(74)65-62-59-56-53-50-21-18-15-12-9-6-3)79-73(76)67-64-61-58-55-52-49-47-45-43-41-39-37-35-33-31-29-27-25-23-20-17-14-11-8-5-2/h7-8,10-11,15-20,24-27,30-33,36,38,42,44,48,51,70H,4-6,9,12-14,21-23,28-29,34-35,37,39-41,43,45-47,49-50,52-69H2,1-3H3/b10-7-,11-8-,18-15-,19-16-,20-17-,26-24-,27-25-,32-30-,33-31-,38-36-,44-42-,51-48-. The molecule has 79 heavy (non-hydrogen) atoms. The zero-order valence-electron chi connectivity index (χ0n) is 51.1. The molecular weight excluding hydrogens is 973 g/mol. The van der Waals surface area contributed by atoms with Gasteiger partial charge in [-0.05, 0) is 135 Å². The molecule has 0 fully saturated rings. The van der Waals surface area contributed by atoms with E-state index in [1.165, 1.54) is 89.9 Å². The molecule has 446 valence electrons. The van der Waals surface area contributed by atoms with Crippen LogP contribution >= 0.6 is 0 Å². The fourth-order valence-electron chi connectivity index (χ4n) is 8.51. The molecule has 6 heteroatoms. The van der Waals surface area contributed by atoms with Crippen LogP contribution in [0.25, 0.3) is 0 Å². The lowest BCUT2D eigenvalue weighted by Gasteiger charge is -2.18. The maximum Gasteiger partial charge on any atom is 0.306 e. The van der Waals surface area contributed by atoms with Crippen molar-refractivity contribution in [2.45, 2.75) is 284 Å². The number of unbranched alkanes of at least 4 members (excludes halogenated alkanes) is 22. The molecule has 0 saturated carbocycles. The Morgan fingerprint density at radius 2 is 0.494 bits per heavy atom. The molecule has 1 atom stereocenters. The molecule has 0 bridgehead atoms. The van der Waals surface area contributed by atoms with Crippen molar-refractivity contribution in [1.29, 1.82) is 0 Å². The lowest BCUT2D eigenvalue weighted by molar-refractivity contribution is -0.167. The van der Waals surface area contributed by atoms with E-state index in [4.69, 9.17) is 14.2 Å². The van der Waals surface area contributed by atoms with Gasteiger partial charge in [-0.2, -0.15) is 0 Å². The largest absolute Gasteiger partial charge is 0.462 e. The van der Waals surface area contributed by atoms with Crippen LogP contribution in [-0.4, -0.2) is 37.2 Å². The van der Waals surface area contributed by atoms with Crippen LogP contribution < -0.4 is 0 Å². The second kappa shape index (κ2) is 65.8. The van der Waals surface area contributed by atoms with Gasteiger partial charge < -0.3 is 14.2 Å². The molecule has 0 spiro atoms. The van der Waals surface area contributed by atoms with E-state index in [9.17, 15) is 14.4 Å². The summed E-state index contributed by atoms with van der Waals surface area (Å²) in [4.78, 5) is 38.3. The summed E-state index contributed by atoms with van der Waals surface area (Å²) in [6.07, 6.45) is 94.3. The van der Waals surface area contributed by atoms with Crippen molar-refractivity contribution in [1.82, 2.24) is 0 Å². The SMILES string of the molecule is CC/C=C\C/C=C\C/C=C\C/C=C\C/C=C\C/C=C\C/C=C\CCCCCC(=O)OCC(COC(=O)CCCCCCC/C=C\CCCC)OC(=O)CCCCCCCCCCCCCC/C=C\C/C=C\C/C=C\C/C=C\CC. The van der Waals surface area contributed by atoms with Crippen molar-refractivity contribution in [2.75, 3.05) is 13.2 Å². The van der Waals surface area contributed by atoms with Crippen molar-refractivity contribution in [2.24, 2.45) is 0 Å². The molecule has 1 unspecified atom stereocenters. The van der Waals surface area contributed by atoms with E-state index < -0.39 is 6.10 Å². The molecule has 0 saturated heterocycles. The molecule has 0 aliphatic carbocycles. The van der Waals surface area contributed by atoms with Gasteiger partial charge in [0.25, 0.3) is 0 Å². The Bertz CT molecular complexity index is 1730. The van der Waals surface area contributed by atoms with Gasteiger partial charge in [-0.15, -0.1) is 0 Å². The number of ether oxygens (including phenoxy) is 3. The van der Waals surface area contributed by atoms with Crippen LogP contribution in [0, 0.1) is 0 Å². The van der Waals surface area contributed by atoms with Crippen LogP contribution in [-0.2, 0) is 28.6 Å². The first-order valence-electron chi connectivity index (χ1n) is 32.3. The van der Waals surface area contributed by atoms with E-state index in [0.29, 0.717) is 19.3 Å². The monoisotopic (exact) mass is 1090 g/mol. The van der Waals surface area contributed by atoms with Crippen LogP contribution in [0.2, 0.25) is 0 Å². The lowest BCUT2D eigenvalue weighted by Crippen LogP contribution is -2.30. The molecule has 0 aromatic rings. The van der Waals surface area contributed by atoms with E-state index in [0.717, 1.165) is 148 Å². The van der Waals surface area contributed by atoms with Crippen molar-refractivity contribution >= 4 is 17.9 Å². The fraction of sp³-hybridized carbons (Fsp3) is 0.630. The predicted octanol–water partition coefficient (Wildman–Crippen LogP) is 22.3. The quantitative estimate of drug-likeness (QED) is 0.0261. The molecule has 0 aromatic carbocycles. The van der Waals surface area contributed by atoms with Gasteiger partial charge in [0.1, 0.15) is 13.2 Å². The first-order chi connectivity index (χ1) is 39.0. The average Bonchev–Trinajstić information content (AvgIpc) is 3.45. The Morgan fingerprint density at radius 1 is 0.266 bits per heavy atom. The number of hydrogen-bond donors (Lipinski definition) is 0. The summed E-state index contributed by atoms with van der Waals surface area (Å²) in [5.41, 5.74) is 0. The van der Waals surface area contributed by atoms with Crippen molar-refractivity contribution in [3.8, 4) is 0 Å². The third-order valence-electron chi connectivity index (χ3n) is 13.3. The number of hydrogen-bond acceptors (Lipinski definition) is 6. The highest BCUT2D eigenvalue weighted by atomic mass is 16.6. The fourth-order valence-corrected chi connectivity index (χ4v) is 8.51. The smallest absolute Gasteiger partial charge is 0.306 e. The van der Waals surface area contributed by atoms with Gasteiger partial charge in [-0.1, -0.05) is 269 Å². The highest BCUT2D eigenvalue weighted by Crippen LogP contribution is 2.15. The van der Waals surface area contributed by atoms with Gasteiger partial charge in [0, 0.05) is 19.3 Å². The maximum absolute atomic E-state index is 12.9. The van der Waals surface area contributed by atoms with Crippen LogP contribution in [0.5, 0.6) is 0 Å². The van der Waals surface area contributed by atoms with Crippen LogP contribution in [0.15, 0.2) is 146 Å². The third-order valence-corrected chi connectivity index (χ3v) is 13.3. The maximum atomic E-state index is 12.9. The summed E-state index contributed by atoms with van der Waals surface area (Å²) in [6, 6.07) is 0. The summed E-state index contributed by atoms with van der Waals surface area (Å²) >= 11 is 0. The van der Waals surface area contributed by atoms with Crippen LogP contribution in [0.3, 0.4) is 0 Å². The summed E-state index contributed by atoms with van der Waals surface area (Å²) < 4.78 is 16.9. The first-order valence-corrected chi connectivity index (χ1v) is 32.3. The molecular formula is C73H118O6. The normalized spacial score (nSPS) is 13.1.